The summed E-state index contributed by atoms with van der Waals surface area (Å²) in [6.07, 6.45) is 0. The lowest BCUT2D eigenvalue weighted by Crippen LogP contribution is -2.48. The van der Waals surface area contributed by atoms with Crippen LogP contribution in [0.25, 0.3) is 0 Å². The van der Waals surface area contributed by atoms with Gasteiger partial charge in [-0.25, -0.2) is 0 Å². The lowest BCUT2D eigenvalue weighted by molar-refractivity contribution is -0.385. The van der Waals surface area contributed by atoms with Crippen LogP contribution in [0.15, 0.2) is 18.2 Å². The van der Waals surface area contributed by atoms with Crippen molar-refractivity contribution >= 4 is 11.6 Å². The molecule has 96 valence electrons. The van der Waals surface area contributed by atoms with E-state index in [4.69, 9.17) is 9.47 Å². The lowest BCUT2D eigenvalue weighted by atomic mass is 10.1. The van der Waals surface area contributed by atoms with Gasteiger partial charge in [-0.15, -0.1) is 0 Å². The Morgan fingerprint density at radius 2 is 2.28 bits per heavy atom. The number of nitrogens with one attached hydrogen (secondary N) is 1. The van der Waals surface area contributed by atoms with Crippen LogP contribution in [0.4, 0.5) is 5.69 Å². The Morgan fingerprint density at radius 3 is 2.78 bits per heavy atom. The number of hydrogen-bond donors (Lipinski definition) is 1. The van der Waals surface area contributed by atoms with Gasteiger partial charge in [-0.2, -0.15) is 0 Å². The zero-order chi connectivity index (χ0) is 13.1. The van der Waals surface area contributed by atoms with Crippen molar-refractivity contribution in [3.05, 3.63) is 33.9 Å². The standard InChI is InChI=1S/C11H12N2O5/c1-17-10-3-2-7(4-9(10)13(15)16)11(14)12-8-5-18-6-8/h2-4,8H,5-6H2,1H3,(H,12,14). The van der Waals surface area contributed by atoms with Crippen molar-refractivity contribution in [3.63, 3.8) is 0 Å². The van der Waals surface area contributed by atoms with E-state index in [0.717, 1.165) is 0 Å². The van der Waals surface area contributed by atoms with E-state index in [-0.39, 0.29) is 28.9 Å². The van der Waals surface area contributed by atoms with Crippen molar-refractivity contribution in [3.8, 4) is 5.75 Å². The molecule has 1 saturated heterocycles. The predicted octanol–water partition coefficient (Wildman–Crippen LogP) is 0.732. The Balaban J connectivity index is 2.19. The fraction of sp³-hybridized carbons (Fsp3) is 0.364. The molecule has 7 nitrogen and oxygen atoms in total. The molecule has 0 aliphatic carbocycles. The molecule has 1 aliphatic rings. The number of benzene rings is 1. The number of ether oxygens (including phenoxy) is 2. The van der Waals surface area contributed by atoms with Gasteiger partial charge in [-0.1, -0.05) is 0 Å². The van der Waals surface area contributed by atoms with E-state index >= 15 is 0 Å². The number of methoxy groups -OCH3 is 1. The lowest BCUT2D eigenvalue weighted by Gasteiger charge is -2.26. The Labute approximate surface area is 103 Å². The summed E-state index contributed by atoms with van der Waals surface area (Å²) in [4.78, 5) is 22.0. The number of carbonyl (C=O) groups is 1. The van der Waals surface area contributed by atoms with Gasteiger partial charge in [0.15, 0.2) is 5.75 Å². The van der Waals surface area contributed by atoms with Gasteiger partial charge in [-0.3, -0.25) is 14.9 Å². The molecule has 1 aromatic rings. The van der Waals surface area contributed by atoms with E-state index in [1.165, 1.54) is 25.3 Å². The van der Waals surface area contributed by atoms with Crippen LogP contribution < -0.4 is 10.1 Å². The van der Waals surface area contributed by atoms with Crippen molar-refractivity contribution in [2.45, 2.75) is 6.04 Å². The summed E-state index contributed by atoms with van der Waals surface area (Å²) in [6, 6.07) is 4.08. The van der Waals surface area contributed by atoms with Gasteiger partial charge in [-0.05, 0) is 12.1 Å². The van der Waals surface area contributed by atoms with Gasteiger partial charge in [0.1, 0.15) is 0 Å². The molecule has 1 aromatic carbocycles. The van der Waals surface area contributed by atoms with E-state index < -0.39 is 4.92 Å². The van der Waals surface area contributed by atoms with Gasteiger partial charge in [0.2, 0.25) is 0 Å². The summed E-state index contributed by atoms with van der Waals surface area (Å²) in [7, 11) is 1.34. The van der Waals surface area contributed by atoms with E-state index in [2.05, 4.69) is 5.32 Å². The van der Waals surface area contributed by atoms with Crippen molar-refractivity contribution in [2.24, 2.45) is 0 Å². The SMILES string of the molecule is COc1ccc(C(=O)NC2COC2)cc1[N+](=O)[O-]. The van der Waals surface area contributed by atoms with Crippen LogP contribution in [-0.2, 0) is 4.74 Å². The quantitative estimate of drug-likeness (QED) is 0.630. The van der Waals surface area contributed by atoms with Crippen LogP contribution in [0.1, 0.15) is 10.4 Å². The monoisotopic (exact) mass is 252 g/mol. The third-order valence-corrected chi connectivity index (χ3v) is 2.61. The zero-order valence-electron chi connectivity index (χ0n) is 9.71. The summed E-state index contributed by atoms with van der Waals surface area (Å²) in [5, 5.41) is 13.5. The summed E-state index contributed by atoms with van der Waals surface area (Å²) < 4.78 is 9.79. The molecule has 0 spiro atoms. The van der Waals surface area contributed by atoms with Gasteiger partial charge in [0.25, 0.3) is 5.91 Å². The molecular formula is C11H12N2O5. The normalized spacial score (nSPS) is 14.7. The van der Waals surface area contributed by atoms with Gasteiger partial charge in [0, 0.05) is 11.6 Å². The Hall–Kier alpha value is -2.15. The third-order valence-electron chi connectivity index (χ3n) is 2.61. The minimum Gasteiger partial charge on any atom is -0.490 e. The fourth-order valence-corrected chi connectivity index (χ4v) is 1.56. The molecule has 1 heterocycles. The van der Waals surface area contributed by atoms with Gasteiger partial charge in [0.05, 0.1) is 31.3 Å². The van der Waals surface area contributed by atoms with E-state index in [9.17, 15) is 14.9 Å². The first-order valence-electron chi connectivity index (χ1n) is 5.33. The second-order valence-electron chi connectivity index (χ2n) is 3.85. The number of nitro groups is 1. The highest BCUT2D eigenvalue weighted by molar-refractivity contribution is 5.95. The maximum absolute atomic E-state index is 11.8. The molecule has 0 unspecified atom stereocenters. The molecule has 0 aromatic heterocycles. The predicted molar refractivity (Wildman–Crippen MR) is 61.7 cm³/mol. The van der Waals surface area contributed by atoms with Gasteiger partial charge < -0.3 is 14.8 Å². The van der Waals surface area contributed by atoms with Crippen molar-refractivity contribution in [1.82, 2.24) is 5.32 Å². The molecule has 1 fully saturated rings. The maximum atomic E-state index is 11.8. The fourth-order valence-electron chi connectivity index (χ4n) is 1.56. The number of nitro benzene ring substituents is 1. The average molecular weight is 252 g/mol. The summed E-state index contributed by atoms with van der Waals surface area (Å²) in [6.45, 7) is 0.952. The van der Waals surface area contributed by atoms with Crippen LogP contribution in [0.3, 0.4) is 0 Å². The highest BCUT2D eigenvalue weighted by atomic mass is 16.6. The Kier molecular flexibility index (Phi) is 3.42. The highest BCUT2D eigenvalue weighted by Crippen LogP contribution is 2.27. The Bertz CT molecular complexity index is 484. The maximum Gasteiger partial charge on any atom is 0.311 e. The van der Waals surface area contributed by atoms with Crippen LogP contribution in [0, 0.1) is 10.1 Å². The second-order valence-corrected chi connectivity index (χ2v) is 3.85. The van der Waals surface area contributed by atoms with Crippen molar-refractivity contribution < 1.29 is 19.2 Å². The average Bonchev–Trinajstić information content (AvgIpc) is 2.32. The largest absolute Gasteiger partial charge is 0.490 e. The Morgan fingerprint density at radius 1 is 1.56 bits per heavy atom. The first-order valence-corrected chi connectivity index (χ1v) is 5.33. The smallest absolute Gasteiger partial charge is 0.311 e. The van der Waals surface area contributed by atoms with Crippen molar-refractivity contribution in [2.75, 3.05) is 20.3 Å². The number of nitrogens with zero attached hydrogens (tertiary/aromatic N) is 1. The highest BCUT2D eigenvalue weighted by Gasteiger charge is 2.23. The molecule has 7 heteroatoms. The molecule has 18 heavy (non-hydrogen) atoms. The first kappa shape index (κ1) is 12.3. The molecule has 1 aliphatic heterocycles. The number of carbonyl (C=O) groups excluding carboxylic acids is 1. The van der Waals surface area contributed by atoms with E-state index in [0.29, 0.717) is 13.2 Å². The van der Waals surface area contributed by atoms with Crippen LogP contribution >= 0.6 is 0 Å². The molecule has 1 amide bonds. The third kappa shape index (κ3) is 2.40. The molecule has 2 rings (SSSR count). The second kappa shape index (κ2) is 5.01. The molecule has 0 bridgehead atoms. The summed E-state index contributed by atoms with van der Waals surface area (Å²) in [5.74, 6) is -0.224. The molecule has 0 radical (unpaired) electrons. The minimum atomic E-state index is -0.581. The topological polar surface area (TPSA) is 90.7 Å². The summed E-state index contributed by atoms with van der Waals surface area (Å²) >= 11 is 0. The molecular weight excluding hydrogens is 240 g/mol. The minimum absolute atomic E-state index is 0.0151. The van der Waals surface area contributed by atoms with Gasteiger partial charge >= 0.3 is 5.69 Å². The van der Waals surface area contributed by atoms with Crippen molar-refractivity contribution in [1.29, 1.82) is 0 Å². The molecule has 0 saturated carbocycles. The first-order chi connectivity index (χ1) is 8.61. The molecule has 0 atom stereocenters. The molecule has 1 N–H and O–H groups in total. The number of rotatable bonds is 4. The van der Waals surface area contributed by atoms with E-state index in [1.807, 2.05) is 0 Å². The summed E-state index contributed by atoms with van der Waals surface area (Å²) in [5.41, 5.74) is 0.00408. The van der Waals surface area contributed by atoms with Crippen LogP contribution in [-0.4, -0.2) is 37.2 Å². The van der Waals surface area contributed by atoms with Crippen LogP contribution in [0.5, 0.6) is 5.75 Å². The zero-order valence-corrected chi connectivity index (χ0v) is 9.71. The number of hydrogen-bond acceptors (Lipinski definition) is 5. The van der Waals surface area contributed by atoms with Crippen LogP contribution in [0.2, 0.25) is 0 Å². The number of amides is 1. The van der Waals surface area contributed by atoms with E-state index in [1.54, 1.807) is 0 Å².